The van der Waals surface area contributed by atoms with E-state index in [-0.39, 0.29) is 0 Å². The molecule has 156 valence electrons. The summed E-state index contributed by atoms with van der Waals surface area (Å²) in [5.41, 5.74) is 5.43. The number of rotatable bonds is 5. The first-order valence-electron chi connectivity index (χ1n) is 11.1. The highest BCUT2D eigenvalue weighted by atomic mass is 16.5. The number of benzene rings is 2. The molecule has 1 saturated heterocycles. The maximum absolute atomic E-state index is 5.43. The van der Waals surface area contributed by atoms with E-state index in [0.29, 0.717) is 6.04 Å². The Kier molecular flexibility index (Phi) is 5.60. The van der Waals surface area contributed by atoms with Crippen molar-refractivity contribution in [1.82, 2.24) is 14.8 Å². The maximum atomic E-state index is 5.43. The first kappa shape index (κ1) is 19.4. The summed E-state index contributed by atoms with van der Waals surface area (Å²) in [5, 5.41) is 1.27. The van der Waals surface area contributed by atoms with E-state index in [0.717, 1.165) is 25.1 Å². The van der Waals surface area contributed by atoms with Gasteiger partial charge in [0.25, 0.3) is 0 Å². The molecular weight excluding hydrogens is 370 g/mol. The number of methoxy groups -OCH3 is 1. The molecule has 4 nitrogen and oxygen atoms in total. The first-order valence-corrected chi connectivity index (χ1v) is 11.1. The average molecular weight is 402 g/mol. The van der Waals surface area contributed by atoms with Crippen molar-refractivity contribution in [1.29, 1.82) is 0 Å². The lowest BCUT2D eigenvalue weighted by molar-refractivity contribution is 0.0881. The zero-order chi connectivity index (χ0) is 20.3. The number of H-pyrrole nitrogens is 1. The predicted octanol–water partition coefficient (Wildman–Crippen LogP) is 4.93. The van der Waals surface area contributed by atoms with Crippen LogP contribution in [0.1, 0.15) is 30.4 Å². The number of allylic oxidation sites excluding steroid dienone is 1. The Balaban J connectivity index is 1.20. The highest BCUT2D eigenvalue weighted by molar-refractivity contribution is 5.93. The molecule has 1 N–H and O–H groups in total. The van der Waals surface area contributed by atoms with E-state index in [9.17, 15) is 0 Å². The fourth-order valence-electron chi connectivity index (χ4n) is 5.02. The Hall–Kier alpha value is -2.56. The number of piperazine rings is 1. The molecule has 5 rings (SSSR count). The van der Waals surface area contributed by atoms with Gasteiger partial charge >= 0.3 is 0 Å². The van der Waals surface area contributed by atoms with Crippen molar-refractivity contribution in [3.63, 3.8) is 0 Å². The molecule has 0 amide bonds. The molecular formula is C26H31N3O. The van der Waals surface area contributed by atoms with Crippen molar-refractivity contribution in [3.8, 4) is 5.75 Å². The second-order valence-corrected chi connectivity index (χ2v) is 8.57. The number of aromatic nitrogens is 1. The van der Waals surface area contributed by atoms with Crippen LogP contribution in [0, 0.1) is 0 Å². The van der Waals surface area contributed by atoms with Gasteiger partial charge in [0, 0.05) is 61.4 Å². The predicted molar refractivity (Wildman–Crippen MR) is 124 cm³/mol. The van der Waals surface area contributed by atoms with Crippen LogP contribution in [-0.2, 0) is 6.54 Å². The maximum Gasteiger partial charge on any atom is 0.119 e. The highest BCUT2D eigenvalue weighted by Crippen LogP contribution is 2.35. The Morgan fingerprint density at radius 3 is 2.60 bits per heavy atom. The molecule has 0 saturated carbocycles. The van der Waals surface area contributed by atoms with Crippen LogP contribution in [0.2, 0.25) is 0 Å². The third-order valence-corrected chi connectivity index (χ3v) is 6.79. The van der Waals surface area contributed by atoms with E-state index in [1.165, 1.54) is 60.2 Å². The van der Waals surface area contributed by atoms with Gasteiger partial charge in [0.05, 0.1) is 7.11 Å². The summed E-state index contributed by atoms with van der Waals surface area (Å²) in [6.45, 7) is 5.79. The average Bonchev–Trinajstić information content (AvgIpc) is 3.23. The van der Waals surface area contributed by atoms with Crippen LogP contribution >= 0.6 is 0 Å². The molecule has 30 heavy (non-hydrogen) atoms. The zero-order valence-electron chi connectivity index (χ0n) is 17.8. The van der Waals surface area contributed by atoms with Crippen LogP contribution in [0.3, 0.4) is 0 Å². The fourth-order valence-corrected chi connectivity index (χ4v) is 5.02. The largest absolute Gasteiger partial charge is 0.497 e. The lowest BCUT2D eigenvalue weighted by atomic mass is 9.89. The summed E-state index contributed by atoms with van der Waals surface area (Å²) >= 11 is 0. The van der Waals surface area contributed by atoms with Crippen molar-refractivity contribution in [2.75, 3.05) is 33.3 Å². The number of hydrogen-bond acceptors (Lipinski definition) is 3. The van der Waals surface area contributed by atoms with E-state index in [2.05, 4.69) is 69.5 Å². The monoisotopic (exact) mass is 401 g/mol. The lowest BCUT2D eigenvalue weighted by Gasteiger charge is -2.40. The van der Waals surface area contributed by atoms with Gasteiger partial charge in [-0.25, -0.2) is 0 Å². The minimum absolute atomic E-state index is 0.687. The van der Waals surface area contributed by atoms with Gasteiger partial charge in [-0.1, -0.05) is 36.4 Å². The third-order valence-electron chi connectivity index (χ3n) is 6.79. The van der Waals surface area contributed by atoms with E-state index < -0.39 is 0 Å². The highest BCUT2D eigenvalue weighted by Gasteiger charge is 2.26. The molecule has 0 bridgehead atoms. The first-order chi connectivity index (χ1) is 14.8. The van der Waals surface area contributed by atoms with Crippen molar-refractivity contribution in [3.05, 3.63) is 71.9 Å². The van der Waals surface area contributed by atoms with Crippen LogP contribution in [0.4, 0.5) is 0 Å². The van der Waals surface area contributed by atoms with E-state index >= 15 is 0 Å². The summed E-state index contributed by atoms with van der Waals surface area (Å²) in [5.74, 6) is 0.922. The summed E-state index contributed by atoms with van der Waals surface area (Å²) in [6, 6.07) is 17.8. The molecule has 2 aliphatic rings. The van der Waals surface area contributed by atoms with E-state index in [1.807, 2.05) is 6.07 Å². The van der Waals surface area contributed by atoms with Gasteiger partial charge in [-0.15, -0.1) is 0 Å². The standard InChI is InChI=1S/C26H31N3O/c1-30-23-11-12-26-24(17-23)25(18-27-26)21-7-9-22(10-8-21)29-15-13-28(14-16-29)19-20-5-3-2-4-6-20/h2-7,11-12,17-18,22,27H,8-10,13-16,19H2,1H3. The minimum Gasteiger partial charge on any atom is -0.497 e. The van der Waals surface area contributed by atoms with Crippen molar-refractivity contribution >= 4 is 16.5 Å². The Morgan fingerprint density at radius 1 is 1.03 bits per heavy atom. The Labute approximate surface area is 179 Å². The summed E-state index contributed by atoms with van der Waals surface area (Å²) in [4.78, 5) is 8.73. The molecule has 1 aliphatic heterocycles. The van der Waals surface area contributed by atoms with Crippen LogP contribution < -0.4 is 4.74 Å². The zero-order valence-corrected chi connectivity index (χ0v) is 17.8. The molecule has 2 heterocycles. The smallest absolute Gasteiger partial charge is 0.119 e. The van der Waals surface area contributed by atoms with Gasteiger partial charge in [-0.05, 0) is 48.6 Å². The second-order valence-electron chi connectivity index (χ2n) is 8.57. The summed E-state index contributed by atoms with van der Waals surface area (Å²) < 4.78 is 5.43. The molecule has 4 heteroatoms. The number of fused-ring (bicyclic) bond motifs is 1. The second kappa shape index (κ2) is 8.66. The van der Waals surface area contributed by atoms with Crippen LogP contribution in [0.5, 0.6) is 5.75 Å². The molecule has 0 spiro atoms. The minimum atomic E-state index is 0.687. The lowest BCUT2D eigenvalue weighted by Crippen LogP contribution is -2.50. The Morgan fingerprint density at radius 2 is 1.87 bits per heavy atom. The van der Waals surface area contributed by atoms with Gasteiger partial charge in [-0.3, -0.25) is 9.80 Å². The molecule has 1 atom stereocenters. The number of aromatic amines is 1. The topological polar surface area (TPSA) is 31.5 Å². The van der Waals surface area contributed by atoms with Crippen molar-refractivity contribution < 1.29 is 4.74 Å². The van der Waals surface area contributed by atoms with Crippen molar-refractivity contribution in [2.24, 2.45) is 0 Å². The normalized spacial score (nSPS) is 21.0. The molecule has 3 aromatic rings. The summed E-state index contributed by atoms with van der Waals surface area (Å²) in [6.07, 6.45) is 8.20. The van der Waals surface area contributed by atoms with Gasteiger partial charge in [0.1, 0.15) is 5.75 Å². The number of hydrogen-bond donors (Lipinski definition) is 1. The number of ether oxygens (including phenoxy) is 1. The number of nitrogens with zero attached hydrogens (tertiary/aromatic N) is 2. The molecule has 1 aliphatic carbocycles. The van der Waals surface area contributed by atoms with E-state index in [4.69, 9.17) is 4.74 Å². The van der Waals surface area contributed by atoms with Crippen LogP contribution in [-0.4, -0.2) is 54.1 Å². The Bertz CT molecular complexity index is 1020. The van der Waals surface area contributed by atoms with Gasteiger partial charge in [-0.2, -0.15) is 0 Å². The van der Waals surface area contributed by atoms with Gasteiger partial charge in [0.15, 0.2) is 0 Å². The quantitative estimate of drug-likeness (QED) is 0.658. The third kappa shape index (κ3) is 4.03. The van der Waals surface area contributed by atoms with Gasteiger partial charge < -0.3 is 9.72 Å². The van der Waals surface area contributed by atoms with Crippen molar-refractivity contribution in [2.45, 2.75) is 31.8 Å². The van der Waals surface area contributed by atoms with Crippen LogP contribution in [0.25, 0.3) is 16.5 Å². The fraction of sp³-hybridized carbons (Fsp3) is 0.385. The summed E-state index contributed by atoms with van der Waals surface area (Å²) in [7, 11) is 1.73. The molecule has 1 unspecified atom stereocenters. The SMILES string of the molecule is COc1ccc2[nH]cc(C3=CCC(N4CCN(Cc5ccccc5)CC4)CC3)c2c1. The number of nitrogens with one attached hydrogen (secondary N) is 1. The molecule has 1 aromatic heterocycles. The van der Waals surface area contributed by atoms with E-state index in [1.54, 1.807) is 7.11 Å². The van der Waals surface area contributed by atoms with Gasteiger partial charge in [0.2, 0.25) is 0 Å². The molecule has 1 fully saturated rings. The molecule has 2 aromatic carbocycles. The van der Waals surface area contributed by atoms with Crippen LogP contribution in [0.15, 0.2) is 60.8 Å². The molecule has 0 radical (unpaired) electrons.